The first-order chi connectivity index (χ1) is 18.0. The molecule has 1 aromatic heterocycles. The number of carbonyl (C=O) groups excluding carboxylic acids is 1. The SMILES string of the molecule is O=C(O)C[C@@H]1C[C@H](Cc2cncn2Cc2ccccc2)C[C@H](C[C@@H]2CCC(=O)N2Cc2ccccc2)C1. The maximum Gasteiger partial charge on any atom is 0.303 e. The fourth-order valence-corrected chi connectivity index (χ4v) is 6.63. The van der Waals surface area contributed by atoms with Crippen LogP contribution in [0.2, 0.25) is 0 Å². The number of hydrogen-bond donors (Lipinski definition) is 1. The lowest BCUT2D eigenvalue weighted by molar-refractivity contribution is -0.138. The van der Waals surface area contributed by atoms with Crippen LogP contribution in [-0.2, 0) is 29.1 Å². The standard InChI is InChI=1S/C31H37N3O3/c35-30-12-11-28(34(30)21-24-9-5-2-6-10-24)16-25-13-26(15-27(14-25)18-31(36)37)17-29-19-32-22-33(29)20-23-7-3-1-4-8-23/h1-10,19,22,25-28H,11-18,20-21H2,(H,36,37)/t25-,26+,27-,28-/m0/s1. The van der Waals surface area contributed by atoms with E-state index in [0.29, 0.717) is 24.8 Å². The van der Waals surface area contributed by atoms with Gasteiger partial charge in [0.1, 0.15) is 0 Å². The molecule has 4 atom stereocenters. The molecule has 3 aromatic rings. The van der Waals surface area contributed by atoms with Gasteiger partial charge < -0.3 is 14.6 Å². The van der Waals surface area contributed by atoms with Crippen molar-refractivity contribution in [2.45, 2.75) is 70.5 Å². The van der Waals surface area contributed by atoms with Gasteiger partial charge in [-0.2, -0.15) is 0 Å². The Morgan fingerprint density at radius 3 is 2.24 bits per heavy atom. The van der Waals surface area contributed by atoms with Crippen molar-refractivity contribution in [2.24, 2.45) is 17.8 Å². The Bertz CT molecular complexity index is 1180. The average Bonchev–Trinajstić information content (AvgIpc) is 3.46. The van der Waals surface area contributed by atoms with Crippen molar-refractivity contribution < 1.29 is 14.7 Å². The van der Waals surface area contributed by atoms with Crippen LogP contribution in [0.1, 0.15) is 61.8 Å². The minimum atomic E-state index is -0.708. The molecule has 1 saturated carbocycles. The van der Waals surface area contributed by atoms with Crippen LogP contribution in [0.3, 0.4) is 0 Å². The second-order valence-electron chi connectivity index (χ2n) is 11.0. The summed E-state index contributed by atoms with van der Waals surface area (Å²) in [5.41, 5.74) is 3.63. The number of rotatable bonds is 10. The number of amides is 1. The fraction of sp³-hybridized carbons (Fsp3) is 0.452. The number of nitrogens with zero attached hydrogens (tertiary/aromatic N) is 3. The molecule has 2 aromatic carbocycles. The summed E-state index contributed by atoms with van der Waals surface area (Å²) >= 11 is 0. The minimum absolute atomic E-state index is 0.187. The summed E-state index contributed by atoms with van der Waals surface area (Å²) in [6, 6.07) is 20.9. The van der Waals surface area contributed by atoms with E-state index in [1.807, 2.05) is 36.8 Å². The summed E-state index contributed by atoms with van der Waals surface area (Å²) in [6.07, 6.45) is 10.5. The number of benzene rings is 2. The number of imidazole rings is 1. The van der Waals surface area contributed by atoms with Gasteiger partial charge >= 0.3 is 5.97 Å². The molecule has 1 saturated heterocycles. The van der Waals surface area contributed by atoms with E-state index in [1.165, 1.54) is 16.8 Å². The van der Waals surface area contributed by atoms with Crippen molar-refractivity contribution >= 4 is 11.9 Å². The molecule has 5 rings (SSSR count). The van der Waals surface area contributed by atoms with E-state index in [0.717, 1.165) is 45.1 Å². The van der Waals surface area contributed by atoms with Gasteiger partial charge in [0.25, 0.3) is 0 Å². The van der Waals surface area contributed by atoms with Crippen LogP contribution < -0.4 is 0 Å². The highest BCUT2D eigenvalue weighted by atomic mass is 16.4. The van der Waals surface area contributed by atoms with Crippen molar-refractivity contribution in [1.82, 2.24) is 14.5 Å². The Balaban J connectivity index is 1.27. The maximum atomic E-state index is 12.7. The third kappa shape index (κ3) is 6.68. The van der Waals surface area contributed by atoms with Gasteiger partial charge in [-0.15, -0.1) is 0 Å². The van der Waals surface area contributed by atoms with E-state index in [1.54, 1.807) is 0 Å². The zero-order valence-corrected chi connectivity index (χ0v) is 21.4. The van der Waals surface area contributed by atoms with Crippen LogP contribution in [0.5, 0.6) is 0 Å². The number of aromatic nitrogens is 2. The van der Waals surface area contributed by atoms with Gasteiger partial charge in [-0.1, -0.05) is 60.7 Å². The van der Waals surface area contributed by atoms with Gasteiger partial charge in [-0.25, -0.2) is 4.98 Å². The normalized spacial score (nSPS) is 23.9. The van der Waals surface area contributed by atoms with Crippen molar-refractivity contribution in [1.29, 1.82) is 0 Å². The van der Waals surface area contributed by atoms with Crippen molar-refractivity contribution in [3.8, 4) is 0 Å². The number of carboxylic acids is 1. The van der Waals surface area contributed by atoms with Crippen molar-refractivity contribution in [3.05, 3.63) is 90.0 Å². The van der Waals surface area contributed by atoms with Gasteiger partial charge in [0.2, 0.25) is 5.91 Å². The second kappa shape index (κ2) is 11.8. The lowest BCUT2D eigenvalue weighted by Crippen LogP contribution is -2.36. The van der Waals surface area contributed by atoms with Gasteiger partial charge in [-0.05, 0) is 67.4 Å². The van der Waals surface area contributed by atoms with Crippen molar-refractivity contribution in [3.63, 3.8) is 0 Å². The number of likely N-dealkylation sites (tertiary alicyclic amines) is 1. The molecule has 0 unspecified atom stereocenters. The lowest BCUT2D eigenvalue weighted by atomic mass is 9.70. The van der Waals surface area contributed by atoms with E-state index >= 15 is 0 Å². The molecule has 0 spiro atoms. The average molecular weight is 500 g/mol. The first-order valence-electron chi connectivity index (χ1n) is 13.6. The predicted molar refractivity (Wildman–Crippen MR) is 143 cm³/mol. The Hall–Kier alpha value is -3.41. The van der Waals surface area contributed by atoms with Crippen LogP contribution in [0.4, 0.5) is 0 Å². The molecule has 37 heavy (non-hydrogen) atoms. The van der Waals surface area contributed by atoms with E-state index < -0.39 is 5.97 Å². The highest BCUT2D eigenvalue weighted by molar-refractivity contribution is 5.78. The first kappa shape index (κ1) is 25.2. The molecule has 1 amide bonds. The van der Waals surface area contributed by atoms with E-state index in [4.69, 9.17) is 0 Å². The molecule has 6 heteroatoms. The zero-order valence-electron chi connectivity index (χ0n) is 21.4. The number of hydrogen-bond acceptors (Lipinski definition) is 3. The molecule has 1 aliphatic heterocycles. The van der Waals surface area contributed by atoms with Gasteiger partial charge in [0.15, 0.2) is 0 Å². The zero-order chi connectivity index (χ0) is 25.6. The highest BCUT2D eigenvalue weighted by Gasteiger charge is 2.36. The largest absolute Gasteiger partial charge is 0.481 e. The Morgan fingerprint density at radius 2 is 1.54 bits per heavy atom. The van der Waals surface area contributed by atoms with Crippen LogP contribution in [0.25, 0.3) is 0 Å². The first-order valence-corrected chi connectivity index (χ1v) is 13.6. The van der Waals surface area contributed by atoms with Crippen LogP contribution >= 0.6 is 0 Å². The van der Waals surface area contributed by atoms with Crippen LogP contribution in [0, 0.1) is 17.8 Å². The maximum absolute atomic E-state index is 12.7. The number of aliphatic carboxylic acids is 1. The second-order valence-corrected chi connectivity index (χ2v) is 11.0. The van der Waals surface area contributed by atoms with Gasteiger partial charge in [0.05, 0.1) is 6.33 Å². The third-order valence-electron chi connectivity index (χ3n) is 8.21. The summed E-state index contributed by atoms with van der Waals surface area (Å²) in [5, 5.41) is 9.56. The molecule has 2 aliphatic rings. The molecule has 2 fully saturated rings. The van der Waals surface area contributed by atoms with Crippen LogP contribution in [-0.4, -0.2) is 37.5 Å². The molecule has 1 N–H and O–H groups in total. The minimum Gasteiger partial charge on any atom is -0.481 e. The Labute approximate surface area is 219 Å². The van der Waals surface area contributed by atoms with Gasteiger partial charge in [-0.3, -0.25) is 9.59 Å². The predicted octanol–water partition coefficient (Wildman–Crippen LogP) is 5.56. The van der Waals surface area contributed by atoms with E-state index in [2.05, 4.69) is 50.8 Å². The molecule has 1 aliphatic carbocycles. The fourth-order valence-electron chi connectivity index (χ4n) is 6.63. The Morgan fingerprint density at radius 1 is 0.892 bits per heavy atom. The number of carbonyl (C=O) groups is 2. The van der Waals surface area contributed by atoms with Crippen LogP contribution in [0.15, 0.2) is 73.2 Å². The number of carboxylic acid groups (broad SMARTS) is 1. The summed E-state index contributed by atoms with van der Waals surface area (Å²) < 4.78 is 2.22. The molecule has 194 valence electrons. The highest BCUT2D eigenvalue weighted by Crippen LogP contribution is 2.41. The van der Waals surface area contributed by atoms with E-state index in [-0.39, 0.29) is 24.3 Å². The summed E-state index contributed by atoms with van der Waals surface area (Å²) in [7, 11) is 0. The molecule has 0 radical (unpaired) electrons. The molecule has 6 nitrogen and oxygen atoms in total. The summed E-state index contributed by atoms with van der Waals surface area (Å²) in [6.45, 7) is 1.46. The summed E-state index contributed by atoms with van der Waals surface area (Å²) in [4.78, 5) is 30.9. The quantitative estimate of drug-likeness (QED) is 0.396. The lowest BCUT2D eigenvalue weighted by Gasteiger charge is -2.37. The smallest absolute Gasteiger partial charge is 0.303 e. The van der Waals surface area contributed by atoms with Crippen molar-refractivity contribution in [2.75, 3.05) is 0 Å². The molecular formula is C31H37N3O3. The summed E-state index contributed by atoms with van der Waals surface area (Å²) in [5.74, 6) is 0.580. The monoisotopic (exact) mass is 499 g/mol. The topological polar surface area (TPSA) is 75.4 Å². The Kier molecular flexibility index (Phi) is 8.02. The van der Waals surface area contributed by atoms with Gasteiger partial charge in [0, 0.05) is 43.9 Å². The molecule has 2 heterocycles. The molecule has 0 bridgehead atoms. The third-order valence-corrected chi connectivity index (χ3v) is 8.21. The van der Waals surface area contributed by atoms with E-state index in [9.17, 15) is 14.7 Å². The molecular weight excluding hydrogens is 462 g/mol.